The van der Waals surface area contributed by atoms with Crippen LogP contribution in [0.1, 0.15) is 5.56 Å². The van der Waals surface area contributed by atoms with E-state index in [-0.39, 0.29) is 5.75 Å². The topological polar surface area (TPSA) is 9.23 Å². The molecule has 0 saturated heterocycles. The van der Waals surface area contributed by atoms with Gasteiger partial charge in [-0.2, -0.15) is 0 Å². The summed E-state index contributed by atoms with van der Waals surface area (Å²) in [6.45, 7) is 2.82. The highest BCUT2D eigenvalue weighted by molar-refractivity contribution is 5.59. The molecule has 0 fully saturated rings. The fourth-order valence-electron chi connectivity index (χ4n) is 0.940. The van der Waals surface area contributed by atoms with Crippen LogP contribution in [0.3, 0.4) is 0 Å². The van der Waals surface area contributed by atoms with Gasteiger partial charge in [0.1, 0.15) is 11.6 Å². The molecule has 1 nitrogen and oxygen atoms in total. The molecular weight excluding hydrogens is 181 g/mol. The van der Waals surface area contributed by atoms with Gasteiger partial charge in [-0.1, -0.05) is 6.58 Å². The molecule has 0 aromatic heterocycles. The quantitative estimate of drug-likeness (QED) is 0.693. The van der Waals surface area contributed by atoms with E-state index in [0.29, 0.717) is 0 Å². The normalized spacial score (nSPS) is 9.85. The summed E-state index contributed by atoms with van der Waals surface area (Å²) in [6, 6.07) is 2.00. The Labute approximate surface area is 73.4 Å². The molecule has 0 N–H and O–H groups in total. The van der Waals surface area contributed by atoms with Gasteiger partial charge in [0, 0.05) is 0 Å². The van der Waals surface area contributed by atoms with Crippen LogP contribution >= 0.6 is 0 Å². The summed E-state index contributed by atoms with van der Waals surface area (Å²) in [6.07, 6.45) is 0. The van der Waals surface area contributed by atoms with Gasteiger partial charge in [0.05, 0.1) is 12.7 Å². The Hall–Kier alpha value is -1.45. The zero-order valence-corrected chi connectivity index (χ0v) is 6.90. The smallest absolute Gasteiger partial charge is 0.178 e. The number of hydrogen-bond acceptors (Lipinski definition) is 1. The van der Waals surface area contributed by atoms with Gasteiger partial charge in [-0.3, -0.25) is 0 Å². The van der Waals surface area contributed by atoms with E-state index >= 15 is 0 Å². The first-order valence-corrected chi connectivity index (χ1v) is 3.44. The van der Waals surface area contributed by atoms with E-state index in [4.69, 9.17) is 0 Å². The van der Waals surface area contributed by atoms with Gasteiger partial charge in [0.15, 0.2) is 11.6 Å². The third-order valence-electron chi connectivity index (χ3n) is 1.55. The second-order valence-electron chi connectivity index (χ2n) is 2.34. The number of hydrogen-bond donors (Lipinski definition) is 0. The van der Waals surface area contributed by atoms with Crippen molar-refractivity contribution in [3.63, 3.8) is 0 Å². The Kier molecular flexibility index (Phi) is 2.60. The van der Waals surface area contributed by atoms with Crippen molar-refractivity contribution in [3.8, 4) is 5.75 Å². The molecule has 0 saturated carbocycles. The van der Waals surface area contributed by atoms with Crippen molar-refractivity contribution in [2.24, 2.45) is 0 Å². The molecule has 0 spiro atoms. The minimum atomic E-state index is -1.16. The third-order valence-corrected chi connectivity index (χ3v) is 1.55. The van der Waals surface area contributed by atoms with Crippen LogP contribution < -0.4 is 4.74 Å². The maximum atomic E-state index is 13.1. The lowest BCUT2D eigenvalue weighted by Crippen LogP contribution is -1.95. The monoisotopic (exact) mass is 188 g/mol. The van der Waals surface area contributed by atoms with Gasteiger partial charge in [-0.05, 0) is 12.1 Å². The van der Waals surface area contributed by atoms with Crippen molar-refractivity contribution in [2.75, 3.05) is 7.11 Å². The van der Waals surface area contributed by atoms with Crippen LogP contribution in [-0.2, 0) is 0 Å². The lowest BCUT2D eigenvalue weighted by atomic mass is 10.1. The molecule has 0 unspecified atom stereocenters. The van der Waals surface area contributed by atoms with Crippen molar-refractivity contribution in [1.29, 1.82) is 0 Å². The van der Waals surface area contributed by atoms with Crippen molar-refractivity contribution < 1.29 is 17.9 Å². The maximum Gasteiger partial charge on any atom is 0.178 e. The minimum Gasteiger partial charge on any atom is -0.494 e. The van der Waals surface area contributed by atoms with Crippen LogP contribution in [0, 0.1) is 11.6 Å². The van der Waals surface area contributed by atoms with E-state index in [1.807, 2.05) is 0 Å². The van der Waals surface area contributed by atoms with Gasteiger partial charge in [0.2, 0.25) is 0 Å². The molecule has 0 radical (unpaired) electrons. The molecule has 0 atom stereocenters. The zero-order chi connectivity index (χ0) is 10.0. The van der Waals surface area contributed by atoms with Crippen LogP contribution in [-0.4, -0.2) is 7.11 Å². The van der Waals surface area contributed by atoms with Gasteiger partial charge >= 0.3 is 0 Å². The summed E-state index contributed by atoms with van der Waals surface area (Å²) in [5, 5.41) is 0. The van der Waals surface area contributed by atoms with E-state index in [2.05, 4.69) is 11.3 Å². The molecule has 0 bridgehead atoms. The number of rotatable bonds is 2. The van der Waals surface area contributed by atoms with Gasteiger partial charge in [-0.15, -0.1) is 0 Å². The molecule has 0 heterocycles. The first kappa shape index (κ1) is 9.64. The van der Waals surface area contributed by atoms with Gasteiger partial charge in [0.25, 0.3) is 0 Å². The third kappa shape index (κ3) is 1.66. The molecule has 0 aliphatic carbocycles. The summed E-state index contributed by atoms with van der Waals surface area (Å²) >= 11 is 0. The molecule has 4 heteroatoms. The number of methoxy groups -OCH3 is 1. The van der Waals surface area contributed by atoms with Crippen LogP contribution in [0.15, 0.2) is 18.7 Å². The highest BCUT2D eigenvalue weighted by Crippen LogP contribution is 2.27. The van der Waals surface area contributed by atoms with Crippen molar-refractivity contribution in [1.82, 2.24) is 0 Å². The predicted octanol–water partition coefficient (Wildman–Crippen LogP) is 2.91. The molecule has 0 aliphatic heterocycles. The Balaban J connectivity index is 3.38. The van der Waals surface area contributed by atoms with Crippen molar-refractivity contribution in [3.05, 3.63) is 35.9 Å². The van der Waals surface area contributed by atoms with E-state index in [9.17, 15) is 13.2 Å². The highest BCUT2D eigenvalue weighted by atomic mass is 19.1. The van der Waals surface area contributed by atoms with E-state index < -0.39 is 23.0 Å². The Morgan fingerprint density at radius 3 is 2.46 bits per heavy atom. The molecule has 0 aliphatic rings. The van der Waals surface area contributed by atoms with Gasteiger partial charge in [-0.25, -0.2) is 13.2 Å². The first-order valence-electron chi connectivity index (χ1n) is 3.44. The predicted molar refractivity (Wildman–Crippen MR) is 43.1 cm³/mol. The van der Waals surface area contributed by atoms with Crippen molar-refractivity contribution in [2.45, 2.75) is 0 Å². The van der Waals surface area contributed by atoms with E-state index in [0.717, 1.165) is 12.1 Å². The fourth-order valence-corrected chi connectivity index (χ4v) is 0.940. The molecule has 0 amide bonds. The van der Waals surface area contributed by atoms with Gasteiger partial charge < -0.3 is 4.74 Å². The largest absolute Gasteiger partial charge is 0.494 e. The SMILES string of the molecule is C=C(F)c1c(F)ccc(OC)c1F. The Morgan fingerprint density at radius 2 is 2.00 bits per heavy atom. The van der Waals surface area contributed by atoms with Crippen LogP contribution in [0.2, 0.25) is 0 Å². The van der Waals surface area contributed by atoms with Crippen LogP contribution in [0.4, 0.5) is 13.2 Å². The van der Waals surface area contributed by atoms with E-state index in [1.165, 1.54) is 7.11 Å². The second kappa shape index (κ2) is 3.51. The average Bonchev–Trinajstić information content (AvgIpc) is 2.04. The molecule has 1 aromatic carbocycles. The van der Waals surface area contributed by atoms with Crippen molar-refractivity contribution >= 4 is 5.83 Å². The van der Waals surface area contributed by atoms with E-state index in [1.54, 1.807) is 0 Å². The zero-order valence-electron chi connectivity index (χ0n) is 6.90. The number of benzene rings is 1. The highest BCUT2D eigenvalue weighted by Gasteiger charge is 2.16. The summed E-state index contributed by atoms with van der Waals surface area (Å²) in [7, 11) is 1.21. The summed E-state index contributed by atoms with van der Waals surface area (Å²) in [5.74, 6) is -3.44. The lowest BCUT2D eigenvalue weighted by Gasteiger charge is -2.05. The fraction of sp³-hybridized carbons (Fsp3) is 0.111. The molecule has 1 aromatic rings. The Morgan fingerprint density at radius 1 is 1.38 bits per heavy atom. The molecule has 13 heavy (non-hydrogen) atoms. The number of halogens is 3. The molecule has 1 rings (SSSR count). The lowest BCUT2D eigenvalue weighted by molar-refractivity contribution is 0.382. The molecule has 70 valence electrons. The minimum absolute atomic E-state index is 0.213. The average molecular weight is 188 g/mol. The Bertz CT molecular complexity index is 347. The number of ether oxygens (including phenoxy) is 1. The summed E-state index contributed by atoms with van der Waals surface area (Å²) in [4.78, 5) is 0. The maximum absolute atomic E-state index is 13.1. The second-order valence-corrected chi connectivity index (χ2v) is 2.34. The summed E-state index contributed by atoms with van der Waals surface area (Å²) in [5.41, 5.74) is -0.778. The first-order chi connectivity index (χ1) is 6.07. The van der Waals surface area contributed by atoms with Crippen LogP contribution in [0.5, 0.6) is 5.75 Å². The van der Waals surface area contributed by atoms with Crippen LogP contribution in [0.25, 0.3) is 5.83 Å². The standard InChI is InChI=1S/C9H7F3O/c1-5(10)8-6(11)3-4-7(13-2)9(8)12/h3-4H,1H2,2H3. The molecular formula is C9H7F3O. The summed E-state index contributed by atoms with van der Waals surface area (Å²) < 4.78 is 43.0.